The van der Waals surface area contributed by atoms with E-state index in [1.54, 1.807) is 36.4 Å². The Hall–Kier alpha value is -3.15. The minimum atomic E-state index is -0.409. The van der Waals surface area contributed by atoms with E-state index in [2.05, 4.69) is 4.98 Å². The predicted molar refractivity (Wildman–Crippen MR) is 94.9 cm³/mol. The van der Waals surface area contributed by atoms with Crippen LogP contribution in [0.4, 0.5) is 0 Å². The van der Waals surface area contributed by atoms with Gasteiger partial charge in [0.05, 0.1) is 18.7 Å². The lowest BCUT2D eigenvalue weighted by Crippen LogP contribution is -2.37. The van der Waals surface area contributed by atoms with E-state index in [0.717, 1.165) is 17.4 Å². The van der Waals surface area contributed by atoms with Crippen molar-refractivity contribution in [3.63, 3.8) is 0 Å². The zero-order valence-corrected chi connectivity index (χ0v) is 14.4. The standard InChI is InChI=1S/C20H18N2O4/c1-2-25-20(24)16-5-3-4-14-10-15(26-18(14)16)12-22-9-7-13-6-8-21-11-17(13)19(22)23/h3-6,8,10-11H,2,7,9,12H2,1H3. The monoisotopic (exact) mass is 350 g/mol. The number of hydrogen-bond donors (Lipinski definition) is 0. The molecular weight excluding hydrogens is 332 g/mol. The van der Waals surface area contributed by atoms with Crippen molar-refractivity contribution < 1.29 is 18.7 Å². The van der Waals surface area contributed by atoms with Crippen molar-refractivity contribution in [2.45, 2.75) is 19.9 Å². The van der Waals surface area contributed by atoms with Crippen LogP contribution in [0.25, 0.3) is 11.0 Å². The number of fused-ring (bicyclic) bond motifs is 2. The summed E-state index contributed by atoms with van der Waals surface area (Å²) < 4.78 is 11.0. The molecule has 26 heavy (non-hydrogen) atoms. The van der Waals surface area contributed by atoms with Crippen LogP contribution < -0.4 is 0 Å². The topological polar surface area (TPSA) is 72.6 Å². The number of carbonyl (C=O) groups excluding carboxylic acids is 2. The summed E-state index contributed by atoms with van der Waals surface area (Å²) in [6.07, 6.45) is 4.11. The van der Waals surface area contributed by atoms with Crippen LogP contribution in [-0.4, -0.2) is 34.9 Å². The van der Waals surface area contributed by atoms with Gasteiger partial charge in [-0.3, -0.25) is 9.78 Å². The van der Waals surface area contributed by atoms with Gasteiger partial charge in [0, 0.05) is 24.3 Å². The molecule has 6 heteroatoms. The van der Waals surface area contributed by atoms with Gasteiger partial charge in [-0.2, -0.15) is 0 Å². The molecule has 0 N–H and O–H groups in total. The Labute approximate surface area is 150 Å². The van der Waals surface area contributed by atoms with Gasteiger partial charge < -0.3 is 14.1 Å². The molecule has 0 bridgehead atoms. The SMILES string of the molecule is CCOC(=O)c1cccc2cc(CN3CCc4ccncc4C3=O)oc12. The first kappa shape index (κ1) is 16.3. The van der Waals surface area contributed by atoms with Crippen molar-refractivity contribution in [3.05, 3.63) is 65.2 Å². The third-order valence-electron chi connectivity index (χ3n) is 4.52. The van der Waals surface area contributed by atoms with Crippen molar-refractivity contribution in [1.82, 2.24) is 9.88 Å². The molecule has 0 spiro atoms. The van der Waals surface area contributed by atoms with Gasteiger partial charge in [0.2, 0.25) is 0 Å². The summed E-state index contributed by atoms with van der Waals surface area (Å²) in [5, 5.41) is 0.817. The second kappa shape index (κ2) is 6.63. The lowest BCUT2D eigenvalue weighted by atomic mass is 10.0. The average Bonchev–Trinajstić information content (AvgIpc) is 3.07. The Morgan fingerprint density at radius 3 is 3.08 bits per heavy atom. The molecule has 4 rings (SSSR count). The minimum absolute atomic E-state index is 0.0505. The molecule has 0 unspecified atom stereocenters. The van der Waals surface area contributed by atoms with Gasteiger partial charge in [-0.15, -0.1) is 0 Å². The maximum atomic E-state index is 12.7. The van der Waals surface area contributed by atoms with Gasteiger partial charge in [0.1, 0.15) is 16.9 Å². The van der Waals surface area contributed by atoms with Crippen LogP contribution in [0.15, 0.2) is 47.1 Å². The molecule has 0 fully saturated rings. The number of nitrogens with zero attached hydrogens (tertiary/aromatic N) is 2. The van der Waals surface area contributed by atoms with Crippen LogP contribution in [0.3, 0.4) is 0 Å². The first-order valence-corrected chi connectivity index (χ1v) is 8.58. The molecule has 1 amide bonds. The fraction of sp³-hybridized carbons (Fsp3) is 0.250. The summed E-state index contributed by atoms with van der Waals surface area (Å²) in [5.74, 6) is 0.177. The fourth-order valence-electron chi connectivity index (χ4n) is 3.26. The number of hydrogen-bond acceptors (Lipinski definition) is 5. The Bertz CT molecular complexity index is 992. The Kier molecular flexibility index (Phi) is 4.16. The summed E-state index contributed by atoms with van der Waals surface area (Å²) >= 11 is 0. The highest BCUT2D eigenvalue weighted by Gasteiger charge is 2.25. The van der Waals surface area contributed by atoms with Crippen LogP contribution in [0.5, 0.6) is 0 Å². The van der Waals surface area contributed by atoms with Crippen molar-refractivity contribution in [2.24, 2.45) is 0 Å². The molecule has 0 atom stereocenters. The second-order valence-corrected chi connectivity index (χ2v) is 6.17. The number of esters is 1. The van der Waals surface area contributed by atoms with E-state index in [0.29, 0.717) is 42.2 Å². The number of carbonyl (C=O) groups is 2. The van der Waals surface area contributed by atoms with Crippen molar-refractivity contribution in [3.8, 4) is 0 Å². The van der Waals surface area contributed by atoms with Gasteiger partial charge in [-0.05, 0) is 37.1 Å². The molecule has 0 saturated heterocycles. The molecule has 6 nitrogen and oxygen atoms in total. The molecule has 132 valence electrons. The number of benzene rings is 1. The van der Waals surface area contributed by atoms with Crippen LogP contribution in [0.1, 0.15) is 39.0 Å². The van der Waals surface area contributed by atoms with Crippen molar-refractivity contribution >= 4 is 22.8 Å². The summed E-state index contributed by atoms with van der Waals surface area (Å²) in [7, 11) is 0. The van der Waals surface area contributed by atoms with Crippen LogP contribution in [0, 0.1) is 0 Å². The summed E-state index contributed by atoms with van der Waals surface area (Å²) in [6, 6.07) is 9.10. The molecule has 1 aromatic carbocycles. The number of furan rings is 1. The Morgan fingerprint density at radius 1 is 1.35 bits per heavy atom. The molecule has 0 radical (unpaired) electrons. The molecule has 1 aliphatic heterocycles. The van der Waals surface area contributed by atoms with Gasteiger partial charge in [0.25, 0.3) is 5.91 Å². The number of pyridine rings is 1. The Morgan fingerprint density at radius 2 is 2.23 bits per heavy atom. The maximum Gasteiger partial charge on any atom is 0.341 e. The van der Waals surface area contributed by atoms with E-state index in [1.165, 1.54) is 0 Å². The number of aromatic nitrogens is 1. The van der Waals surface area contributed by atoms with E-state index < -0.39 is 5.97 Å². The number of ether oxygens (including phenoxy) is 1. The third kappa shape index (κ3) is 2.83. The van der Waals surface area contributed by atoms with Gasteiger partial charge in [-0.25, -0.2) is 4.79 Å². The molecule has 3 heterocycles. The van der Waals surface area contributed by atoms with Crippen LogP contribution >= 0.6 is 0 Å². The quantitative estimate of drug-likeness (QED) is 0.676. The molecule has 3 aromatic rings. The van der Waals surface area contributed by atoms with Crippen molar-refractivity contribution in [1.29, 1.82) is 0 Å². The zero-order chi connectivity index (χ0) is 18.1. The van der Waals surface area contributed by atoms with Crippen molar-refractivity contribution in [2.75, 3.05) is 13.2 Å². The van der Waals surface area contributed by atoms with Gasteiger partial charge in [0.15, 0.2) is 0 Å². The first-order valence-electron chi connectivity index (χ1n) is 8.58. The molecule has 1 aliphatic rings. The van der Waals surface area contributed by atoms with Crippen LogP contribution in [0.2, 0.25) is 0 Å². The van der Waals surface area contributed by atoms with E-state index in [1.807, 2.05) is 18.2 Å². The largest absolute Gasteiger partial charge is 0.462 e. The zero-order valence-electron chi connectivity index (χ0n) is 14.4. The smallest absolute Gasteiger partial charge is 0.341 e. The van der Waals surface area contributed by atoms with Gasteiger partial charge >= 0.3 is 5.97 Å². The highest BCUT2D eigenvalue weighted by molar-refractivity contribution is 6.02. The molecule has 0 saturated carbocycles. The normalized spacial score (nSPS) is 13.7. The highest BCUT2D eigenvalue weighted by Crippen LogP contribution is 2.26. The molecular formula is C20H18N2O4. The third-order valence-corrected chi connectivity index (χ3v) is 4.52. The minimum Gasteiger partial charge on any atom is -0.462 e. The van der Waals surface area contributed by atoms with E-state index >= 15 is 0 Å². The number of para-hydroxylation sites is 1. The first-order chi connectivity index (χ1) is 12.7. The summed E-state index contributed by atoms with van der Waals surface area (Å²) in [5.41, 5.74) is 2.56. The van der Waals surface area contributed by atoms with Crippen LogP contribution in [-0.2, 0) is 17.7 Å². The fourth-order valence-corrected chi connectivity index (χ4v) is 3.26. The van der Waals surface area contributed by atoms with Gasteiger partial charge in [-0.1, -0.05) is 12.1 Å². The highest BCUT2D eigenvalue weighted by atomic mass is 16.5. The summed E-state index contributed by atoms with van der Waals surface area (Å²) in [6.45, 7) is 3.04. The number of amides is 1. The van der Waals surface area contributed by atoms with E-state index in [4.69, 9.17) is 9.15 Å². The lowest BCUT2D eigenvalue weighted by molar-refractivity contribution is 0.0526. The summed E-state index contributed by atoms with van der Waals surface area (Å²) in [4.78, 5) is 30.6. The number of rotatable bonds is 4. The Balaban J connectivity index is 1.62. The predicted octanol–water partition coefficient (Wildman–Crippen LogP) is 3.20. The average molecular weight is 350 g/mol. The second-order valence-electron chi connectivity index (χ2n) is 6.17. The lowest BCUT2D eigenvalue weighted by Gasteiger charge is -2.27. The molecule has 2 aromatic heterocycles. The van der Waals surface area contributed by atoms with E-state index in [9.17, 15) is 9.59 Å². The molecule has 0 aliphatic carbocycles. The maximum absolute atomic E-state index is 12.7. The van der Waals surface area contributed by atoms with E-state index in [-0.39, 0.29) is 5.91 Å².